The first-order valence-corrected chi connectivity index (χ1v) is 6.31. The van der Waals surface area contributed by atoms with Gasteiger partial charge in [-0.3, -0.25) is 4.98 Å². The maximum absolute atomic E-state index is 12.5. The summed E-state index contributed by atoms with van der Waals surface area (Å²) in [6.07, 6.45) is -1.23. The molecule has 0 spiro atoms. The van der Waals surface area contributed by atoms with Crippen molar-refractivity contribution in [2.24, 2.45) is 0 Å². The number of alkyl halides is 3. The summed E-state index contributed by atoms with van der Waals surface area (Å²) in [7, 11) is 0. The number of nitrogens with zero attached hydrogens (tertiary/aromatic N) is 1. The second-order valence-electron chi connectivity index (χ2n) is 4.50. The van der Waals surface area contributed by atoms with Gasteiger partial charge in [0, 0.05) is 12.1 Å². The molecule has 0 aliphatic carbocycles. The lowest BCUT2D eigenvalue weighted by Gasteiger charge is -2.16. The van der Waals surface area contributed by atoms with Crippen molar-refractivity contribution in [2.45, 2.75) is 12.1 Å². The Morgan fingerprint density at radius 2 is 1.86 bits per heavy atom. The lowest BCUT2D eigenvalue weighted by molar-refractivity contribution is -0.137. The highest BCUT2D eigenvalue weighted by atomic mass is 19.4. The zero-order valence-electron chi connectivity index (χ0n) is 11.0. The maximum Gasteiger partial charge on any atom is 0.416 e. The molecule has 6 heteroatoms. The van der Waals surface area contributed by atoms with E-state index >= 15 is 0 Å². The molecule has 1 unspecified atom stereocenters. The molecule has 2 rings (SSSR count). The topological polar surface area (TPSA) is 42.4 Å². The number of aromatic nitrogens is 1. The Balaban J connectivity index is 2.04. The van der Waals surface area contributed by atoms with Crippen LogP contribution in [0.15, 0.2) is 48.8 Å². The highest BCUT2D eigenvalue weighted by Gasteiger charge is 2.30. The average Bonchev–Trinajstić information content (AvgIpc) is 2.48. The van der Waals surface area contributed by atoms with Gasteiger partial charge in [-0.1, -0.05) is 12.1 Å². The maximum atomic E-state index is 12.5. The fourth-order valence-corrected chi connectivity index (χ4v) is 1.83. The molecule has 0 amide bonds. The van der Waals surface area contributed by atoms with E-state index in [1.165, 1.54) is 18.3 Å². The summed E-state index contributed by atoms with van der Waals surface area (Å²) < 4.78 is 42.9. The minimum absolute atomic E-state index is 0.160. The van der Waals surface area contributed by atoms with E-state index in [-0.39, 0.29) is 13.2 Å². The van der Waals surface area contributed by atoms with Crippen LogP contribution in [0.2, 0.25) is 0 Å². The number of benzene rings is 1. The Bertz CT molecular complexity index is 555. The molecule has 0 bridgehead atoms. The molecule has 3 nitrogen and oxygen atoms in total. The van der Waals surface area contributed by atoms with Gasteiger partial charge in [0.25, 0.3) is 0 Å². The largest absolute Gasteiger partial charge is 0.491 e. The summed E-state index contributed by atoms with van der Waals surface area (Å²) in [5, 5.41) is 9.37. The molecule has 1 heterocycles. The van der Waals surface area contributed by atoms with Crippen molar-refractivity contribution < 1.29 is 23.0 Å². The zero-order chi connectivity index (χ0) is 15.3. The third kappa shape index (κ3) is 4.19. The lowest BCUT2D eigenvalue weighted by Crippen LogP contribution is -2.15. The van der Waals surface area contributed by atoms with Crippen LogP contribution in [-0.2, 0) is 6.18 Å². The molecule has 1 aromatic carbocycles. The van der Waals surface area contributed by atoms with Crippen molar-refractivity contribution in [3.63, 3.8) is 0 Å². The Kier molecular flexibility index (Phi) is 4.80. The molecule has 0 saturated heterocycles. The van der Waals surface area contributed by atoms with Crippen molar-refractivity contribution in [1.82, 2.24) is 4.98 Å². The summed E-state index contributed by atoms with van der Waals surface area (Å²) in [6.45, 7) is -0.0564. The zero-order valence-corrected chi connectivity index (χ0v) is 11.0. The Labute approximate surface area is 120 Å². The van der Waals surface area contributed by atoms with Gasteiger partial charge < -0.3 is 9.84 Å². The molecule has 0 saturated carbocycles. The molecule has 0 radical (unpaired) electrons. The van der Waals surface area contributed by atoms with Crippen molar-refractivity contribution >= 4 is 0 Å². The van der Waals surface area contributed by atoms with Gasteiger partial charge in [-0.25, -0.2) is 0 Å². The van der Waals surface area contributed by atoms with Crippen molar-refractivity contribution in [1.29, 1.82) is 0 Å². The van der Waals surface area contributed by atoms with Crippen LogP contribution in [-0.4, -0.2) is 23.3 Å². The normalized spacial score (nSPS) is 13.0. The molecule has 0 fully saturated rings. The number of halogens is 3. The molecule has 0 aliphatic heterocycles. The third-order valence-corrected chi connectivity index (χ3v) is 3.02. The van der Waals surface area contributed by atoms with Crippen LogP contribution >= 0.6 is 0 Å². The molecular formula is C15H14F3NO2. The van der Waals surface area contributed by atoms with Crippen LogP contribution in [0.3, 0.4) is 0 Å². The Morgan fingerprint density at radius 3 is 2.38 bits per heavy atom. The fraction of sp³-hybridized carbons (Fsp3) is 0.267. The van der Waals surface area contributed by atoms with E-state index in [9.17, 15) is 18.3 Å². The van der Waals surface area contributed by atoms with Crippen molar-refractivity contribution in [2.75, 3.05) is 13.2 Å². The third-order valence-electron chi connectivity index (χ3n) is 3.02. The number of hydrogen-bond donors (Lipinski definition) is 1. The van der Waals surface area contributed by atoms with Gasteiger partial charge in [-0.2, -0.15) is 13.2 Å². The van der Waals surface area contributed by atoms with Gasteiger partial charge >= 0.3 is 6.18 Å². The van der Waals surface area contributed by atoms with Crippen LogP contribution in [0.25, 0.3) is 0 Å². The monoisotopic (exact) mass is 297 g/mol. The van der Waals surface area contributed by atoms with E-state index in [0.29, 0.717) is 11.3 Å². The molecule has 1 aromatic heterocycles. The fourth-order valence-electron chi connectivity index (χ4n) is 1.83. The second kappa shape index (κ2) is 6.58. The Hall–Kier alpha value is -2.08. The number of pyridine rings is 1. The van der Waals surface area contributed by atoms with E-state index < -0.39 is 17.7 Å². The lowest BCUT2D eigenvalue weighted by atomic mass is 9.99. The molecule has 0 aliphatic rings. The number of aliphatic hydroxyl groups is 1. The number of hydrogen-bond acceptors (Lipinski definition) is 3. The summed E-state index contributed by atoms with van der Waals surface area (Å²) in [5.41, 5.74) is -0.120. The summed E-state index contributed by atoms with van der Waals surface area (Å²) in [5.74, 6) is 0.148. The standard InChI is InChI=1S/C15H14F3NO2/c16-15(17,18)13-5-3-11(4-6-13)12(9-20)10-21-14-2-1-7-19-8-14/h1-8,12,20H,9-10H2. The molecule has 1 atom stereocenters. The number of rotatable bonds is 5. The Morgan fingerprint density at radius 1 is 1.14 bits per heavy atom. The molecular weight excluding hydrogens is 283 g/mol. The molecule has 21 heavy (non-hydrogen) atoms. The quantitative estimate of drug-likeness (QED) is 0.921. The SMILES string of the molecule is OCC(COc1cccnc1)c1ccc(C(F)(F)F)cc1. The summed E-state index contributed by atoms with van der Waals surface area (Å²) in [4.78, 5) is 3.89. The highest BCUT2D eigenvalue weighted by molar-refractivity contribution is 5.27. The summed E-state index contributed by atoms with van der Waals surface area (Å²) in [6, 6.07) is 8.15. The van der Waals surface area contributed by atoms with Crippen LogP contribution in [0, 0.1) is 0 Å². The van der Waals surface area contributed by atoms with Gasteiger partial charge in [0.1, 0.15) is 5.75 Å². The van der Waals surface area contributed by atoms with Gasteiger partial charge in [0.05, 0.1) is 25.0 Å². The molecule has 1 N–H and O–H groups in total. The van der Waals surface area contributed by atoms with Gasteiger partial charge in [0.2, 0.25) is 0 Å². The van der Waals surface area contributed by atoms with Crippen LogP contribution in [0.4, 0.5) is 13.2 Å². The number of aliphatic hydroxyl groups excluding tert-OH is 1. The van der Waals surface area contributed by atoms with Crippen LogP contribution < -0.4 is 4.74 Å². The highest BCUT2D eigenvalue weighted by Crippen LogP contribution is 2.30. The van der Waals surface area contributed by atoms with E-state index in [1.807, 2.05) is 0 Å². The second-order valence-corrected chi connectivity index (χ2v) is 4.50. The van der Waals surface area contributed by atoms with E-state index in [4.69, 9.17) is 4.74 Å². The minimum atomic E-state index is -4.36. The first-order chi connectivity index (χ1) is 10.0. The van der Waals surface area contributed by atoms with E-state index in [1.54, 1.807) is 18.3 Å². The smallest absolute Gasteiger partial charge is 0.416 e. The van der Waals surface area contributed by atoms with Crippen LogP contribution in [0.1, 0.15) is 17.0 Å². The molecule has 112 valence electrons. The van der Waals surface area contributed by atoms with Gasteiger partial charge in [-0.05, 0) is 29.8 Å². The predicted molar refractivity (Wildman–Crippen MR) is 71.0 cm³/mol. The van der Waals surface area contributed by atoms with Gasteiger partial charge in [0.15, 0.2) is 0 Å². The van der Waals surface area contributed by atoms with E-state index in [0.717, 1.165) is 12.1 Å². The molecule has 2 aromatic rings. The number of ether oxygens (including phenoxy) is 1. The van der Waals surface area contributed by atoms with Crippen molar-refractivity contribution in [3.8, 4) is 5.75 Å². The first kappa shape index (κ1) is 15.3. The van der Waals surface area contributed by atoms with Crippen molar-refractivity contribution in [3.05, 3.63) is 59.9 Å². The average molecular weight is 297 g/mol. The summed E-state index contributed by atoms with van der Waals surface area (Å²) >= 11 is 0. The van der Waals surface area contributed by atoms with Gasteiger partial charge in [-0.15, -0.1) is 0 Å². The minimum Gasteiger partial charge on any atom is -0.491 e. The van der Waals surface area contributed by atoms with E-state index in [2.05, 4.69) is 4.98 Å². The van der Waals surface area contributed by atoms with Crippen LogP contribution in [0.5, 0.6) is 5.75 Å². The first-order valence-electron chi connectivity index (χ1n) is 6.31. The predicted octanol–water partition coefficient (Wildman–Crippen LogP) is 3.26.